The second kappa shape index (κ2) is 7.12. The van der Waals surface area contributed by atoms with Crippen molar-refractivity contribution in [3.05, 3.63) is 47.1 Å². The fraction of sp³-hybridized carbons (Fsp3) is 0.312. The van der Waals surface area contributed by atoms with E-state index in [0.717, 1.165) is 17.0 Å². The lowest BCUT2D eigenvalue weighted by molar-refractivity contribution is 0.0918. The van der Waals surface area contributed by atoms with E-state index in [-0.39, 0.29) is 11.7 Å². The van der Waals surface area contributed by atoms with E-state index in [0.29, 0.717) is 24.7 Å². The van der Waals surface area contributed by atoms with Crippen LogP contribution in [0.1, 0.15) is 27.5 Å². The Morgan fingerprint density at radius 2 is 2.00 bits per heavy atom. The Labute approximate surface area is 144 Å². The monoisotopic (exact) mass is 341 g/mol. The summed E-state index contributed by atoms with van der Waals surface area (Å²) in [4.78, 5) is 11.7. The lowest BCUT2D eigenvalue weighted by Gasteiger charge is -2.07. The number of aromatic nitrogens is 5. The molecule has 0 saturated carbocycles. The third-order valence-electron chi connectivity index (χ3n) is 3.90. The zero-order valence-corrected chi connectivity index (χ0v) is 14.3. The first-order valence-corrected chi connectivity index (χ1v) is 7.86. The smallest absolute Gasteiger partial charge is 0.289 e. The van der Waals surface area contributed by atoms with Gasteiger partial charge in [-0.15, -0.1) is 10.2 Å². The average Bonchev–Trinajstić information content (AvgIpc) is 3.24. The van der Waals surface area contributed by atoms with Gasteiger partial charge < -0.3 is 15.2 Å². The van der Waals surface area contributed by atoms with Crippen LogP contribution in [-0.2, 0) is 0 Å². The number of amides is 1. The highest BCUT2D eigenvalue weighted by Crippen LogP contribution is 2.15. The number of nitrogens with zero attached hydrogens (tertiary/aromatic N) is 5. The minimum atomic E-state index is -0.305. The third-order valence-corrected chi connectivity index (χ3v) is 3.90. The van der Waals surface area contributed by atoms with E-state index in [4.69, 9.17) is 4.52 Å². The van der Waals surface area contributed by atoms with Crippen molar-refractivity contribution in [3.63, 3.8) is 0 Å². The molecule has 0 unspecified atom stereocenters. The Kier molecular flexibility index (Phi) is 4.73. The summed E-state index contributed by atoms with van der Waals surface area (Å²) >= 11 is 0. The summed E-state index contributed by atoms with van der Waals surface area (Å²) < 4.78 is 6.55. The molecular weight excluding hydrogens is 322 g/mol. The summed E-state index contributed by atoms with van der Waals surface area (Å²) in [6, 6.07) is 5.18. The maximum absolute atomic E-state index is 11.7. The highest BCUT2D eigenvalue weighted by molar-refractivity contribution is 5.91. The third kappa shape index (κ3) is 3.65. The van der Waals surface area contributed by atoms with Crippen molar-refractivity contribution in [1.82, 2.24) is 30.5 Å². The predicted octanol–water partition coefficient (Wildman–Crippen LogP) is 1.42. The van der Waals surface area contributed by atoms with Crippen molar-refractivity contribution in [2.24, 2.45) is 0 Å². The SMILES string of the molecule is Cc1nn(-c2ccc(NCCNC(=O)c3ccno3)nn2)c(C)c1C. The number of hydrogen-bond acceptors (Lipinski definition) is 7. The van der Waals surface area contributed by atoms with E-state index in [1.807, 2.05) is 32.9 Å². The van der Waals surface area contributed by atoms with Crippen LogP contribution in [-0.4, -0.2) is 44.1 Å². The molecule has 0 aliphatic heterocycles. The van der Waals surface area contributed by atoms with Gasteiger partial charge in [0.2, 0.25) is 5.76 Å². The van der Waals surface area contributed by atoms with Crippen LogP contribution >= 0.6 is 0 Å². The van der Waals surface area contributed by atoms with Gasteiger partial charge >= 0.3 is 0 Å². The van der Waals surface area contributed by atoms with E-state index in [9.17, 15) is 4.79 Å². The van der Waals surface area contributed by atoms with E-state index >= 15 is 0 Å². The molecule has 0 radical (unpaired) electrons. The van der Waals surface area contributed by atoms with Crippen molar-refractivity contribution < 1.29 is 9.32 Å². The van der Waals surface area contributed by atoms with E-state index in [2.05, 4.69) is 31.1 Å². The van der Waals surface area contributed by atoms with Crippen LogP contribution in [0.5, 0.6) is 0 Å². The Bertz CT molecular complexity index is 853. The fourth-order valence-electron chi connectivity index (χ4n) is 2.26. The number of aryl methyl sites for hydroxylation is 1. The molecule has 0 atom stereocenters. The minimum absolute atomic E-state index is 0.185. The van der Waals surface area contributed by atoms with E-state index in [1.54, 1.807) is 4.68 Å². The molecule has 130 valence electrons. The van der Waals surface area contributed by atoms with Gasteiger partial charge in [-0.2, -0.15) is 5.10 Å². The molecule has 0 aliphatic carbocycles. The lowest BCUT2D eigenvalue weighted by atomic mass is 10.2. The lowest BCUT2D eigenvalue weighted by Crippen LogP contribution is -2.28. The second-order valence-corrected chi connectivity index (χ2v) is 5.54. The quantitative estimate of drug-likeness (QED) is 0.652. The minimum Gasteiger partial charge on any atom is -0.367 e. The molecule has 0 saturated heterocycles. The summed E-state index contributed by atoms with van der Waals surface area (Å²) in [5.41, 5.74) is 3.16. The highest BCUT2D eigenvalue weighted by atomic mass is 16.5. The van der Waals surface area contributed by atoms with Gasteiger partial charge in [-0.05, 0) is 38.5 Å². The highest BCUT2D eigenvalue weighted by Gasteiger charge is 2.11. The molecule has 2 N–H and O–H groups in total. The molecule has 3 aromatic heterocycles. The van der Waals surface area contributed by atoms with Crippen LogP contribution in [0.3, 0.4) is 0 Å². The second-order valence-electron chi connectivity index (χ2n) is 5.54. The maximum Gasteiger partial charge on any atom is 0.289 e. The number of anilines is 1. The summed E-state index contributed by atoms with van der Waals surface area (Å²) in [5.74, 6) is 1.17. The van der Waals surface area contributed by atoms with Gasteiger partial charge in [-0.25, -0.2) is 4.68 Å². The fourth-order valence-corrected chi connectivity index (χ4v) is 2.26. The molecule has 9 heteroatoms. The molecule has 1 amide bonds. The Morgan fingerprint density at radius 3 is 2.60 bits per heavy atom. The molecule has 0 aliphatic rings. The van der Waals surface area contributed by atoms with Gasteiger partial charge in [0, 0.05) is 24.8 Å². The van der Waals surface area contributed by atoms with Crippen LogP contribution < -0.4 is 10.6 Å². The molecule has 3 heterocycles. The van der Waals surface area contributed by atoms with E-state index < -0.39 is 0 Å². The molecule has 0 fully saturated rings. The van der Waals surface area contributed by atoms with Crippen LogP contribution in [0, 0.1) is 20.8 Å². The van der Waals surface area contributed by atoms with Gasteiger partial charge in [0.1, 0.15) is 5.82 Å². The number of nitrogens with one attached hydrogen (secondary N) is 2. The Morgan fingerprint density at radius 1 is 1.16 bits per heavy atom. The molecule has 9 nitrogen and oxygen atoms in total. The summed E-state index contributed by atoms with van der Waals surface area (Å²) in [7, 11) is 0. The normalized spacial score (nSPS) is 10.7. The van der Waals surface area contributed by atoms with Crippen LogP contribution in [0.2, 0.25) is 0 Å². The first-order valence-electron chi connectivity index (χ1n) is 7.86. The molecule has 0 bridgehead atoms. The molecular formula is C16H19N7O2. The van der Waals surface area contributed by atoms with Crippen molar-refractivity contribution in [2.45, 2.75) is 20.8 Å². The predicted molar refractivity (Wildman–Crippen MR) is 90.7 cm³/mol. The zero-order valence-electron chi connectivity index (χ0n) is 14.3. The van der Waals surface area contributed by atoms with Crippen molar-refractivity contribution in [1.29, 1.82) is 0 Å². The van der Waals surface area contributed by atoms with Gasteiger partial charge in [0.15, 0.2) is 5.82 Å². The summed E-state index contributed by atoms with van der Waals surface area (Å²) in [6.45, 7) is 6.92. The summed E-state index contributed by atoms with van der Waals surface area (Å²) in [5, 5.41) is 22.1. The first kappa shape index (κ1) is 16.6. The van der Waals surface area contributed by atoms with Crippen molar-refractivity contribution >= 4 is 11.7 Å². The standard InChI is InChI=1S/C16H19N7O2/c1-10-11(2)22-23(12(10)3)15-5-4-14(20-21-15)17-8-9-18-16(24)13-6-7-19-25-13/h4-7H,8-9H2,1-3H3,(H,17,20)(H,18,24). The number of carbonyl (C=O) groups is 1. The van der Waals surface area contributed by atoms with Crippen LogP contribution in [0.15, 0.2) is 28.9 Å². The zero-order chi connectivity index (χ0) is 17.8. The maximum atomic E-state index is 11.7. The largest absolute Gasteiger partial charge is 0.367 e. The Balaban J connectivity index is 1.53. The van der Waals surface area contributed by atoms with Crippen molar-refractivity contribution in [3.8, 4) is 5.82 Å². The van der Waals surface area contributed by atoms with Crippen molar-refractivity contribution in [2.75, 3.05) is 18.4 Å². The summed E-state index contributed by atoms with van der Waals surface area (Å²) in [6.07, 6.45) is 1.43. The number of hydrogen-bond donors (Lipinski definition) is 2. The number of rotatable bonds is 6. The van der Waals surface area contributed by atoms with Gasteiger partial charge in [-0.3, -0.25) is 4.79 Å². The van der Waals surface area contributed by atoms with Crippen LogP contribution in [0.25, 0.3) is 5.82 Å². The first-order chi connectivity index (χ1) is 12.1. The molecule has 25 heavy (non-hydrogen) atoms. The molecule has 0 aromatic carbocycles. The van der Waals surface area contributed by atoms with Gasteiger partial charge in [0.25, 0.3) is 5.91 Å². The topological polar surface area (TPSA) is 111 Å². The molecule has 3 rings (SSSR count). The number of carbonyl (C=O) groups excluding carboxylic acids is 1. The van der Waals surface area contributed by atoms with Gasteiger partial charge in [0.05, 0.1) is 11.9 Å². The molecule has 3 aromatic rings. The van der Waals surface area contributed by atoms with E-state index in [1.165, 1.54) is 12.3 Å². The van der Waals surface area contributed by atoms with Crippen LogP contribution in [0.4, 0.5) is 5.82 Å². The average molecular weight is 341 g/mol. The van der Waals surface area contributed by atoms with Gasteiger partial charge in [-0.1, -0.05) is 5.16 Å². The molecule has 0 spiro atoms. The Hall–Kier alpha value is -3.23.